The molecule has 0 radical (unpaired) electrons. The van der Waals surface area contributed by atoms with Gasteiger partial charge in [0.05, 0.1) is 17.6 Å². The van der Waals surface area contributed by atoms with Crippen molar-refractivity contribution in [3.05, 3.63) is 65.4 Å². The molecule has 3 aliphatic rings. The maximum absolute atomic E-state index is 14.0. The second kappa shape index (κ2) is 7.71. The van der Waals surface area contributed by atoms with Crippen molar-refractivity contribution >= 4 is 22.3 Å². The number of nitrogens with zero attached hydrogens (tertiary/aromatic N) is 3. The molecule has 6 heteroatoms. The van der Waals surface area contributed by atoms with Crippen LogP contribution in [-0.2, 0) is 6.54 Å². The monoisotopic (exact) mass is 431 g/mol. The topological polar surface area (TPSA) is 43.4 Å². The van der Waals surface area contributed by atoms with Crippen LogP contribution in [0.1, 0.15) is 29.7 Å². The number of hydrogen-bond donors (Lipinski definition) is 2. The Kier molecular flexibility index (Phi) is 4.81. The van der Waals surface area contributed by atoms with Gasteiger partial charge in [-0.1, -0.05) is 12.1 Å². The fourth-order valence-corrected chi connectivity index (χ4v) is 5.79. The Morgan fingerprint density at radius 2 is 2.03 bits per heavy atom. The van der Waals surface area contributed by atoms with Gasteiger partial charge >= 0.3 is 0 Å². The zero-order valence-corrected chi connectivity index (χ0v) is 18.7. The van der Waals surface area contributed by atoms with Crippen LogP contribution in [-0.4, -0.2) is 54.3 Å². The van der Waals surface area contributed by atoms with E-state index >= 15 is 0 Å². The summed E-state index contributed by atoms with van der Waals surface area (Å²) in [5.74, 6) is 0. The van der Waals surface area contributed by atoms with E-state index in [0.717, 1.165) is 30.8 Å². The fourth-order valence-electron chi connectivity index (χ4n) is 5.79. The number of aryl methyl sites for hydroxylation is 1. The number of rotatable bonds is 3. The molecule has 5 nitrogen and oxygen atoms in total. The molecule has 2 N–H and O–H groups in total. The lowest BCUT2D eigenvalue weighted by molar-refractivity contribution is 0.134. The summed E-state index contributed by atoms with van der Waals surface area (Å²) in [5.41, 5.74) is 7.39. The summed E-state index contributed by atoms with van der Waals surface area (Å²) in [5, 5.41) is 7.75. The van der Waals surface area contributed by atoms with E-state index in [-0.39, 0.29) is 6.04 Å². The maximum atomic E-state index is 14.0. The Balaban J connectivity index is 1.29. The Morgan fingerprint density at radius 1 is 1.12 bits per heavy atom. The third kappa shape index (κ3) is 3.24. The lowest BCUT2D eigenvalue weighted by atomic mass is 9.99. The van der Waals surface area contributed by atoms with Crippen LogP contribution in [0.3, 0.4) is 0 Å². The Labute approximate surface area is 188 Å². The highest BCUT2D eigenvalue weighted by Crippen LogP contribution is 2.42. The predicted octanol–water partition coefficient (Wildman–Crippen LogP) is 4.03. The molecule has 0 saturated carbocycles. The van der Waals surface area contributed by atoms with Crippen molar-refractivity contribution < 1.29 is 4.39 Å². The molecule has 32 heavy (non-hydrogen) atoms. The van der Waals surface area contributed by atoms with Gasteiger partial charge in [0.25, 0.3) is 0 Å². The molecule has 3 aliphatic heterocycles. The van der Waals surface area contributed by atoms with E-state index in [1.807, 2.05) is 12.3 Å². The van der Waals surface area contributed by atoms with Gasteiger partial charge in [0.1, 0.15) is 6.17 Å². The number of piperazine rings is 1. The first-order chi connectivity index (χ1) is 15.6. The summed E-state index contributed by atoms with van der Waals surface area (Å²) in [6, 6.07) is 16.0. The van der Waals surface area contributed by atoms with Gasteiger partial charge < -0.3 is 15.5 Å². The lowest BCUT2D eigenvalue weighted by Crippen LogP contribution is -2.51. The van der Waals surface area contributed by atoms with Crippen LogP contribution in [0.5, 0.6) is 0 Å². The van der Waals surface area contributed by atoms with Gasteiger partial charge in [-0.3, -0.25) is 9.88 Å². The van der Waals surface area contributed by atoms with E-state index in [9.17, 15) is 4.39 Å². The third-order valence-corrected chi connectivity index (χ3v) is 7.48. The number of pyridine rings is 1. The van der Waals surface area contributed by atoms with Gasteiger partial charge in [0.15, 0.2) is 0 Å². The summed E-state index contributed by atoms with van der Waals surface area (Å²) in [7, 11) is 0. The molecule has 0 amide bonds. The van der Waals surface area contributed by atoms with Crippen LogP contribution in [0.2, 0.25) is 0 Å². The van der Waals surface area contributed by atoms with Crippen molar-refractivity contribution in [3.8, 4) is 0 Å². The predicted molar refractivity (Wildman–Crippen MR) is 128 cm³/mol. The van der Waals surface area contributed by atoms with Crippen LogP contribution >= 0.6 is 0 Å². The first-order valence-corrected chi connectivity index (χ1v) is 11.7. The molecule has 4 atom stereocenters. The number of nitrogens with one attached hydrogen (secondary N) is 2. The minimum atomic E-state index is -0.831. The zero-order chi connectivity index (χ0) is 21.8. The number of benzene rings is 2. The molecule has 3 aromatic rings. The normalized spacial score (nSPS) is 27.5. The summed E-state index contributed by atoms with van der Waals surface area (Å²) in [6.45, 7) is 8.51. The summed E-state index contributed by atoms with van der Waals surface area (Å²) >= 11 is 0. The van der Waals surface area contributed by atoms with Crippen molar-refractivity contribution in [2.75, 3.05) is 36.4 Å². The van der Waals surface area contributed by atoms with Crippen LogP contribution < -0.4 is 15.5 Å². The van der Waals surface area contributed by atoms with E-state index in [0.29, 0.717) is 25.2 Å². The van der Waals surface area contributed by atoms with Gasteiger partial charge in [0, 0.05) is 61.7 Å². The molecule has 2 fully saturated rings. The number of alkyl halides is 1. The van der Waals surface area contributed by atoms with Crippen LogP contribution in [0.4, 0.5) is 15.8 Å². The summed E-state index contributed by atoms with van der Waals surface area (Å²) in [4.78, 5) is 9.80. The minimum absolute atomic E-state index is 0.144. The van der Waals surface area contributed by atoms with Crippen molar-refractivity contribution in [1.82, 2.24) is 15.2 Å². The highest BCUT2D eigenvalue weighted by Gasteiger charge is 2.39. The van der Waals surface area contributed by atoms with E-state index < -0.39 is 6.17 Å². The largest absolute Gasteiger partial charge is 0.378 e. The Hall–Kier alpha value is -2.70. The fraction of sp³-hybridized carbons (Fsp3) is 0.423. The number of anilines is 2. The SMILES string of the molecule is Cc1ccc(N2C[C@@H](C)N3Cc4cc(N[C@H]5CNC[C@H]5F)ccc4[C@H]3C2)c2cccnc12. The van der Waals surface area contributed by atoms with Gasteiger partial charge in [-0.2, -0.15) is 0 Å². The van der Waals surface area contributed by atoms with Crippen LogP contribution in [0.25, 0.3) is 10.9 Å². The number of halogens is 1. The molecular weight excluding hydrogens is 401 g/mol. The van der Waals surface area contributed by atoms with Gasteiger partial charge in [-0.05, 0) is 60.9 Å². The molecule has 6 rings (SSSR count). The van der Waals surface area contributed by atoms with E-state index in [1.165, 1.54) is 27.8 Å². The minimum Gasteiger partial charge on any atom is -0.378 e. The second-order valence-corrected chi connectivity index (χ2v) is 9.58. The summed E-state index contributed by atoms with van der Waals surface area (Å²) in [6.07, 6.45) is 1.05. The van der Waals surface area contributed by atoms with Crippen molar-refractivity contribution in [2.45, 2.75) is 44.7 Å². The zero-order valence-electron chi connectivity index (χ0n) is 18.7. The standard InChI is InChI=1S/C26H30FN5/c1-16-5-8-24(21-4-3-9-29-26(16)21)31-13-17(2)32-14-18-10-19(6-7-20(18)25(32)15-31)30-23-12-28-11-22(23)27/h3-10,17,22-23,25,28,30H,11-15H2,1-2H3/t17-,22-,23+,25-/m1/s1. The van der Waals surface area contributed by atoms with E-state index in [4.69, 9.17) is 0 Å². The average Bonchev–Trinajstić information content (AvgIpc) is 3.37. The maximum Gasteiger partial charge on any atom is 0.134 e. The molecule has 2 aromatic carbocycles. The highest BCUT2D eigenvalue weighted by atomic mass is 19.1. The molecule has 4 heterocycles. The van der Waals surface area contributed by atoms with Crippen LogP contribution in [0, 0.1) is 6.92 Å². The lowest BCUT2D eigenvalue weighted by Gasteiger charge is -2.44. The number of fused-ring (bicyclic) bond motifs is 4. The Morgan fingerprint density at radius 3 is 2.88 bits per heavy atom. The molecule has 166 valence electrons. The molecule has 2 saturated heterocycles. The second-order valence-electron chi connectivity index (χ2n) is 9.58. The van der Waals surface area contributed by atoms with E-state index in [2.05, 4.69) is 75.7 Å². The number of hydrogen-bond acceptors (Lipinski definition) is 5. The van der Waals surface area contributed by atoms with Crippen molar-refractivity contribution in [3.63, 3.8) is 0 Å². The molecule has 0 unspecified atom stereocenters. The molecule has 1 aromatic heterocycles. The molecule has 0 aliphatic carbocycles. The quantitative estimate of drug-likeness (QED) is 0.656. The van der Waals surface area contributed by atoms with Gasteiger partial charge in [-0.25, -0.2) is 4.39 Å². The van der Waals surface area contributed by atoms with Gasteiger partial charge in [0.2, 0.25) is 0 Å². The smallest absolute Gasteiger partial charge is 0.134 e. The first kappa shape index (κ1) is 19.9. The molecule has 0 bridgehead atoms. The average molecular weight is 432 g/mol. The van der Waals surface area contributed by atoms with E-state index in [1.54, 1.807) is 0 Å². The molecular formula is C26H30FN5. The first-order valence-electron chi connectivity index (χ1n) is 11.7. The summed E-state index contributed by atoms with van der Waals surface area (Å²) < 4.78 is 14.0. The third-order valence-electron chi connectivity index (χ3n) is 7.48. The van der Waals surface area contributed by atoms with Crippen molar-refractivity contribution in [1.29, 1.82) is 0 Å². The van der Waals surface area contributed by atoms with Crippen LogP contribution in [0.15, 0.2) is 48.7 Å². The Bertz CT molecular complexity index is 1160. The highest BCUT2D eigenvalue weighted by molar-refractivity contribution is 5.93. The van der Waals surface area contributed by atoms with Gasteiger partial charge in [-0.15, -0.1) is 0 Å². The number of aromatic nitrogens is 1. The molecule has 0 spiro atoms. The van der Waals surface area contributed by atoms with Crippen molar-refractivity contribution in [2.24, 2.45) is 0 Å².